The molecule has 0 saturated carbocycles. The maximum Gasteiger partial charge on any atom is 0.229 e. The summed E-state index contributed by atoms with van der Waals surface area (Å²) >= 11 is 18.9. The van der Waals surface area contributed by atoms with E-state index in [1.807, 2.05) is 55.1 Å². The largest absolute Gasteiger partial charge is 0.495 e. The molecule has 0 radical (unpaired) electrons. The van der Waals surface area contributed by atoms with Crippen molar-refractivity contribution in [2.45, 2.75) is 25.9 Å². The number of methoxy groups -OCH3 is 1. The highest BCUT2D eigenvalue weighted by atomic mass is 35.5. The van der Waals surface area contributed by atoms with Crippen molar-refractivity contribution in [3.63, 3.8) is 0 Å². The number of hydrogen-bond acceptors (Lipinski definition) is 5. The van der Waals surface area contributed by atoms with Gasteiger partial charge in [-0.15, -0.1) is 0 Å². The Labute approximate surface area is 248 Å². The zero-order valence-corrected chi connectivity index (χ0v) is 25.3. The van der Waals surface area contributed by atoms with E-state index in [2.05, 4.69) is 25.7 Å². The van der Waals surface area contributed by atoms with Gasteiger partial charge in [0.05, 0.1) is 52.6 Å². The molecule has 1 saturated heterocycles. The molecular formula is C28H27Cl2N5O3S2. The van der Waals surface area contributed by atoms with E-state index in [-0.39, 0.29) is 12.1 Å². The van der Waals surface area contributed by atoms with Gasteiger partial charge in [-0.05, 0) is 80.2 Å². The lowest BCUT2D eigenvalue weighted by atomic mass is 9.96. The SMILES string of the molecule is COc1ccc(N2C(=S)N[C@H](c3ccccn3)[C@@H]2c2cc(C)n(-c3cccc(Cl)c3Cl)c2C)cc1NS(C)(=O)=O. The quantitative estimate of drug-likeness (QED) is 0.234. The molecule has 5 rings (SSSR count). The number of aryl methyl sites for hydroxylation is 1. The smallest absolute Gasteiger partial charge is 0.229 e. The first-order valence-corrected chi connectivity index (χ1v) is 15.4. The monoisotopic (exact) mass is 615 g/mol. The lowest BCUT2D eigenvalue weighted by Crippen LogP contribution is -2.29. The van der Waals surface area contributed by atoms with Gasteiger partial charge in [-0.25, -0.2) is 8.42 Å². The second-order valence-corrected chi connectivity index (χ2v) is 12.4. The van der Waals surface area contributed by atoms with E-state index in [0.29, 0.717) is 32.3 Å². The summed E-state index contributed by atoms with van der Waals surface area (Å²) in [5.74, 6) is 0.388. The summed E-state index contributed by atoms with van der Waals surface area (Å²) in [5, 5.41) is 4.85. The molecule has 40 heavy (non-hydrogen) atoms. The molecule has 2 aromatic heterocycles. The number of ether oxygens (including phenoxy) is 1. The summed E-state index contributed by atoms with van der Waals surface area (Å²) < 4.78 is 34.3. The maximum absolute atomic E-state index is 12.1. The van der Waals surface area contributed by atoms with E-state index >= 15 is 0 Å². The van der Waals surface area contributed by atoms with E-state index in [9.17, 15) is 8.42 Å². The Morgan fingerprint density at radius 1 is 1.07 bits per heavy atom. The van der Waals surface area contributed by atoms with Crippen LogP contribution in [-0.4, -0.2) is 36.4 Å². The minimum absolute atomic E-state index is 0.300. The molecule has 2 aromatic carbocycles. The number of nitrogens with zero attached hydrogens (tertiary/aromatic N) is 3. The Balaban J connectivity index is 1.70. The molecular weight excluding hydrogens is 589 g/mol. The summed E-state index contributed by atoms with van der Waals surface area (Å²) in [6, 6.07) is 18.1. The van der Waals surface area contributed by atoms with Gasteiger partial charge in [0, 0.05) is 23.3 Å². The van der Waals surface area contributed by atoms with Crippen LogP contribution < -0.4 is 19.7 Å². The van der Waals surface area contributed by atoms with Gasteiger partial charge >= 0.3 is 0 Å². The average molecular weight is 617 g/mol. The summed E-state index contributed by atoms with van der Waals surface area (Å²) in [5.41, 5.74) is 5.47. The van der Waals surface area contributed by atoms with Crippen LogP contribution in [0.15, 0.2) is 66.9 Å². The predicted molar refractivity (Wildman–Crippen MR) is 165 cm³/mol. The van der Waals surface area contributed by atoms with Crippen LogP contribution in [0.25, 0.3) is 5.69 Å². The number of thiocarbonyl (C=S) groups is 1. The fourth-order valence-corrected chi connectivity index (χ4v) is 6.48. The number of halogens is 2. The number of hydrogen-bond donors (Lipinski definition) is 2. The van der Waals surface area contributed by atoms with Crippen LogP contribution in [0.5, 0.6) is 5.75 Å². The van der Waals surface area contributed by atoms with Crippen LogP contribution in [-0.2, 0) is 10.0 Å². The molecule has 1 aliphatic heterocycles. The van der Waals surface area contributed by atoms with Crippen LogP contribution >= 0.6 is 35.4 Å². The Hall–Kier alpha value is -3.31. The molecule has 0 amide bonds. The molecule has 2 N–H and O–H groups in total. The molecule has 2 atom stereocenters. The van der Waals surface area contributed by atoms with Crippen molar-refractivity contribution < 1.29 is 13.2 Å². The summed E-state index contributed by atoms with van der Waals surface area (Å²) in [6.45, 7) is 4.04. The van der Waals surface area contributed by atoms with E-state index in [1.54, 1.807) is 24.4 Å². The molecule has 208 valence electrons. The lowest BCUT2D eigenvalue weighted by molar-refractivity contribution is 0.417. The summed E-state index contributed by atoms with van der Waals surface area (Å²) in [6.07, 6.45) is 2.84. The maximum atomic E-state index is 12.1. The van der Waals surface area contributed by atoms with Gasteiger partial charge in [0.1, 0.15) is 5.75 Å². The van der Waals surface area contributed by atoms with E-state index in [0.717, 1.165) is 34.6 Å². The van der Waals surface area contributed by atoms with Crippen molar-refractivity contribution in [1.82, 2.24) is 14.9 Å². The van der Waals surface area contributed by atoms with Gasteiger partial charge in [0.25, 0.3) is 0 Å². The highest BCUT2D eigenvalue weighted by molar-refractivity contribution is 7.92. The average Bonchev–Trinajstić information content (AvgIpc) is 3.40. The van der Waals surface area contributed by atoms with Crippen molar-refractivity contribution in [2.24, 2.45) is 0 Å². The number of sulfonamides is 1. The van der Waals surface area contributed by atoms with Gasteiger partial charge < -0.3 is 19.5 Å². The lowest BCUT2D eigenvalue weighted by Gasteiger charge is -2.29. The van der Waals surface area contributed by atoms with Crippen LogP contribution in [0.4, 0.5) is 11.4 Å². The van der Waals surface area contributed by atoms with Crippen molar-refractivity contribution >= 4 is 61.9 Å². The Kier molecular flexibility index (Phi) is 7.71. The van der Waals surface area contributed by atoms with Crippen LogP contribution in [0, 0.1) is 13.8 Å². The van der Waals surface area contributed by atoms with Gasteiger partial charge in [0.2, 0.25) is 10.0 Å². The first kappa shape index (κ1) is 28.2. The highest BCUT2D eigenvalue weighted by Crippen LogP contribution is 2.45. The minimum atomic E-state index is -3.56. The normalized spacial score (nSPS) is 17.1. The van der Waals surface area contributed by atoms with Crippen LogP contribution in [0.2, 0.25) is 10.0 Å². The van der Waals surface area contributed by atoms with Gasteiger partial charge in [-0.3, -0.25) is 9.71 Å². The van der Waals surface area contributed by atoms with Crippen molar-refractivity contribution in [3.05, 3.63) is 99.6 Å². The third kappa shape index (κ3) is 5.24. The first-order valence-electron chi connectivity index (χ1n) is 12.3. The fourth-order valence-electron chi connectivity index (χ4n) is 5.20. The molecule has 0 spiro atoms. The zero-order chi connectivity index (χ0) is 28.8. The van der Waals surface area contributed by atoms with Gasteiger partial charge in [-0.1, -0.05) is 35.3 Å². The number of aromatic nitrogens is 2. The van der Waals surface area contributed by atoms with E-state index in [1.165, 1.54) is 7.11 Å². The Morgan fingerprint density at radius 3 is 2.52 bits per heavy atom. The van der Waals surface area contributed by atoms with Crippen LogP contribution in [0.3, 0.4) is 0 Å². The number of anilines is 2. The minimum Gasteiger partial charge on any atom is -0.495 e. The third-order valence-electron chi connectivity index (χ3n) is 6.82. The highest BCUT2D eigenvalue weighted by Gasteiger charge is 2.42. The van der Waals surface area contributed by atoms with Gasteiger partial charge in [0.15, 0.2) is 5.11 Å². The van der Waals surface area contributed by atoms with Crippen molar-refractivity contribution in [3.8, 4) is 11.4 Å². The molecule has 4 aromatic rings. The van der Waals surface area contributed by atoms with Gasteiger partial charge in [-0.2, -0.15) is 0 Å². The van der Waals surface area contributed by atoms with E-state index in [4.69, 9.17) is 40.2 Å². The van der Waals surface area contributed by atoms with Crippen LogP contribution in [0.1, 0.15) is 34.7 Å². The summed E-state index contributed by atoms with van der Waals surface area (Å²) in [7, 11) is -2.08. The second-order valence-electron chi connectivity index (χ2n) is 9.49. The number of rotatable bonds is 7. The Morgan fingerprint density at radius 2 is 1.85 bits per heavy atom. The van der Waals surface area contributed by atoms with Crippen molar-refractivity contribution in [1.29, 1.82) is 0 Å². The zero-order valence-electron chi connectivity index (χ0n) is 22.1. The fraction of sp³-hybridized carbons (Fsp3) is 0.214. The molecule has 3 heterocycles. The number of nitrogens with one attached hydrogen (secondary N) is 2. The summed E-state index contributed by atoms with van der Waals surface area (Å²) in [4.78, 5) is 6.61. The second kappa shape index (κ2) is 10.9. The first-order chi connectivity index (χ1) is 19.0. The molecule has 12 heteroatoms. The molecule has 0 aliphatic carbocycles. The third-order valence-corrected chi connectivity index (χ3v) is 8.53. The molecule has 8 nitrogen and oxygen atoms in total. The molecule has 0 bridgehead atoms. The van der Waals surface area contributed by atoms with E-state index < -0.39 is 10.0 Å². The number of pyridine rings is 1. The number of benzene rings is 2. The topological polar surface area (TPSA) is 88.5 Å². The van der Waals surface area contributed by atoms with Crippen molar-refractivity contribution in [2.75, 3.05) is 23.0 Å². The molecule has 1 fully saturated rings. The molecule has 0 unspecified atom stereocenters. The standard InChI is InChI=1S/C28H27Cl2N5O3S2/c1-16-14-19(17(2)34(16)23-10-7-8-20(29)25(23)30)27-26(21-9-5-6-13-31-21)32-28(39)35(27)18-11-12-24(38-3)22(15-18)33-40(4,36)37/h5-15,26-27,33H,1-4H3,(H,32,39)/t26-,27+/m1/s1. The molecule has 1 aliphatic rings. The predicted octanol–water partition coefficient (Wildman–Crippen LogP) is 6.35. The Bertz CT molecular complexity index is 1710.